The number of halogens is 1. The van der Waals surface area contributed by atoms with Gasteiger partial charge in [-0.15, -0.1) is 0 Å². The van der Waals surface area contributed by atoms with Gasteiger partial charge in [-0.2, -0.15) is 0 Å². The van der Waals surface area contributed by atoms with Crippen LogP contribution in [0, 0.1) is 0 Å². The molecule has 97 heavy (non-hydrogen) atoms. The van der Waals surface area contributed by atoms with Gasteiger partial charge >= 0.3 is 30.0 Å². The van der Waals surface area contributed by atoms with Crippen molar-refractivity contribution in [2.75, 3.05) is 28.4 Å². The van der Waals surface area contributed by atoms with Crippen molar-refractivity contribution in [3.05, 3.63) is 209 Å². The lowest BCUT2D eigenvalue weighted by Gasteiger charge is -2.23. The van der Waals surface area contributed by atoms with E-state index in [0.717, 1.165) is 61.8 Å². The predicted octanol–water partition coefficient (Wildman–Crippen LogP) is 16.4. The fourth-order valence-electron chi connectivity index (χ4n) is 13.9. The van der Waals surface area contributed by atoms with E-state index in [1.54, 1.807) is 36.4 Å². The van der Waals surface area contributed by atoms with Crippen LogP contribution >= 0.6 is 15.9 Å². The predicted molar refractivity (Wildman–Crippen MR) is 378 cm³/mol. The molecule has 0 radical (unpaired) electrons. The number of nitrogens with zero attached hydrogens (tertiary/aromatic N) is 1. The summed E-state index contributed by atoms with van der Waals surface area (Å²) in [7, 11) is 5.43. The van der Waals surface area contributed by atoms with Crippen molar-refractivity contribution in [2.45, 2.75) is 193 Å². The summed E-state index contributed by atoms with van der Waals surface area (Å²) < 4.78 is 25.1. The maximum Gasteiger partial charge on any atom is 0.408 e. The van der Waals surface area contributed by atoms with Gasteiger partial charge in [0.05, 0.1) is 62.4 Å². The largest absolute Gasteiger partial charge is 0.465 e. The number of esters is 4. The highest BCUT2D eigenvalue weighted by atomic mass is 79.9. The number of hydrogen-bond acceptors (Lipinski definition) is 16. The molecule has 18 heteroatoms. The van der Waals surface area contributed by atoms with E-state index in [2.05, 4.69) is 111 Å². The van der Waals surface area contributed by atoms with Crippen LogP contribution in [0.1, 0.15) is 277 Å². The van der Waals surface area contributed by atoms with Gasteiger partial charge in [0.1, 0.15) is 5.60 Å². The molecule has 2 atom stereocenters. The molecule has 6 aromatic carbocycles. The van der Waals surface area contributed by atoms with Crippen LogP contribution in [0.4, 0.5) is 4.79 Å². The first-order chi connectivity index (χ1) is 45.0. The van der Waals surface area contributed by atoms with E-state index < -0.39 is 17.7 Å². The average molecular weight is 1390 g/mol. The van der Waals surface area contributed by atoms with Crippen molar-refractivity contribution in [1.82, 2.24) is 5.32 Å². The van der Waals surface area contributed by atoms with Gasteiger partial charge in [0.15, 0.2) is 17.3 Å². The minimum Gasteiger partial charge on any atom is -0.465 e. The van der Waals surface area contributed by atoms with Crippen LogP contribution in [0.5, 0.6) is 0 Å². The molecule has 0 saturated heterocycles. The standard InChI is InChI=1S/C18H25NO4.C13H15NO3.C13H17NO2.C13H14O3.C11H11BrO.C11H12O/c1-17(2,3)23-16(21)19-14-10-18(4,5)13-8-7-11(9-12(13)14)15(20)22-6;1-13(2)7-11(14-16)9-6-8(12(15)17-3)4-5-10(9)13;2*1-13(2)7-11(14)9-6-8(12(15)16-3)4-5-10(9)13;1-11(2)6-10(13)8-5-7(12)3-4-9(8)11;1-11(2)7-10(12)8-5-3-4-6-9(8)11/h7-9,14H,10H2,1-6H3,(H,19,21);4-6,16H,7H2,1-3H3;4-6,11H,7,14H2,1-3H3;4-6H,7H2,1-3H3;3-5H,6H2,1-2H3;3-6H,7H2,1-2H3/b;14-11+;;;;. The quantitative estimate of drug-likeness (QED) is 0.0628. The number of benzene rings is 6. The third kappa shape index (κ3) is 17.2. The van der Waals surface area contributed by atoms with Crippen molar-refractivity contribution < 1.29 is 67.2 Å². The molecule has 0 fully saturated rings. The Hall–Kier alpha value is -8.61. The number of alkyl carbamates (subject to hydrolysis) is 1. The van der Waals surface area contributed by atoms with Crippen LogP contribution in [0.2, 0.25) is 0 Å². The summed E-state index contributed by atoms with van der Waals surface area (Å²) in [5.74, 6) is -0.814. The Balaban J connectivity index is 0.000000166. The number of carbonyl (C=O) groups is 8. The third-order valence-electron chi connectivity index (χ3n) is 18.8. The number of nitrogens with one attached hydrogen (secondary N) is 1. The number of ketones is 3. The van der Waals surface area contributed by atoms with Gasteiger partial charge in [-0.05, 0) is 171 Å². The van der Waals surface area contributed by atoms with E-state index in [4.69, 9.17) is 25.2 Å². The van der Waals surface area contributed by atoms with Crippen LogP contribution in [0.3, 0.4) is 0 Å². The van der Waals surface area contributed by atoms with Crippen molar-refractivity contribution in [1.29, 1.82) is 0 Å². The molecule has 6 aliphatic carbocycles. The van der Waals surface area contributed by atoms with E-state index in [0.29, 0.717) is 59.2 Å². The molecule has 0 aromatic heterocycles. The summed E-state index contributed by atoms with van der Waals surface area (Å²) in [4.78, 5) is 92.9. The Morgan fingerprint density at radius 2 is 0.825 bits per heavy atom. The van der Waals surface area contributed by atoms with Gasteiger partial charge in [0.2, 0.25) is 0 Å². The lowest BCUT2D eigenvalue weighted by molar-refractivity contribution is 0.0497. The van der Waals surface area contributed by atoms with Crippen LogP contribution < -0.4 is 11.1 Å². The molecule has 4 N–H and O–H groups in total. The number of methoxy groups -OCH3 is 4. The Morgan fingerprint density at radius 3 is 1.28 bits per heavy atom. The van der Waals surface area contributed by atoms with E-state index in [-0.39, 0.29) is 79.8 Å². The molecule has 0 saturated carbocycles. The highest BCUT2D eigenvalue weighted by molar-refractivity contribution is 9.10. The zero-order valence-corrected chi connectivity index (χ0v) is 61.1. The first-order valence-corrected chi connectivity index (χ1v) is 33.2. The van der Waals surface area contributed by atoms with Crippen molar-refractivity contribution in [3.63, 3.8) is 0 Å². The van der Waals surface area contributed by atoms with Crippen LogP contribution in [0.25, 0.3) is 0 Å². The van der Waals surface area contributed by atoms with Crippen LogP contribution in [0.15, 0.2) is 125 Å². The van der Waals surface area contributed by atoms with Crippen molar-refractivity contribution in [3.8, 4) is 0 Å². The Kier molecular flexibility index (Phi) is 22.8. The molecule has 17 nitrogen and oxygen atoms in total. The topological polar surface area (TPSA) is 253 Å². The Bertz CT molecular complexity index is 4110. The first-order valence-electron chi connectivity index (χ1n) is 32.4. The minimum atomic E-state index is -0.547. The summed E-state index contributed by atoms with van der Waals surface area (Å²) in [5.41, 5.74) is 20.2. The molecule has 0 heterocycles. The molecule has 0 bridgehead atoms. The SMILES string of the molecule is CC1(C)CC(=O)c2cc(Br)ccc21.CC1(C)CC(=O)c2ccccc21.COC(=O)c1ccc2c(c1)/C(=N/O)CC2(C)C.COC(=O)c1ccc2c(c1)C(=O)CC2(C)C.COC(=O)c1ccc2c(c1)C(N)CC2(C)C.COC(=O)c1ccc2c(c1)C(NC(=O)OC(C)(C)C)CC2(C)C. The molecule has 0 spiro atoms. The monoisotopic (exact) mass is 1390 g/mol. The fourth-order valence-corrected chi connectivity index (χ4v) is 14.2. The molecule has 6 aliphatic rings. The first kappa shape index (κ1) is 75.8. The second-order valence-corrected chi connectivity index (χ2v) is 31.3. The molecular weight excluding hydrogens is 1290 g/mol. The molecule has 6 aromatic rings. The minimum absolute atomic E-state index is 0.0209. The molecule has 0 aliphatic heterocycles. The maximum absolute atomic E-state index is 12.1. The molecule has 2 unspecified atom stereocenters. The number of oxime groups is 1. The normalized spacial score (nSPS) is 19.1. The molecule has 12 rings (SSSR count). The summed E-state index contributed by atoms with van der Waals surface area (Å²) >= 11 is 3.38. The van der Waals surface area contributed by atoms with E-state index in [1.165, 1.54) is 45.1 Å². The highest BCUT2D eigenvalue weighted by Gasteiger charge is 2.42. The number of amides is 1. The smallest absolute Gasteiger partial charge is 0.408 e. The number of carbonyl (C=O) groups excluding carboxylic acids is 8. The van der Waals surface area contributed by atoms with E-state index in [9.17, 15) is 38.4 Å². The number of fused-ring (bicyclic) bond motifs is 6. The summed E-state index contributed by atoms with van der Waals surface area (Å²) in [6, 6.07) is 35.5. The van der Waals surface area contributed by atoms with E-state index >= 15 is 0 Å². The molecule has 516 valence electrons. The average Bonchev–Trinajstić information content (AvgIpc) is 1.68. The van der Waals surface area contributed by atoms with Crippen molar-refractivity contribution >= 4 is 69.0 Å². The van der Waals surface area contributed by atoms with Gasteiger partial charge in [-0.1, -0.05) is 159 Å². The van der Waals surface area contributed by atoms with Gasteiger partial charge in [0.25, 0.3) is 0 Å². The van der Waals surface area contributed by atoms with E-state index in [1.807, 2.05) is 107 Å². The maximum atomic E-state index is 12.1. The second-order valence-electron chi connectivity index (χ2n) is 30.4. The Morgan fingerprint density at radius 1 is 0.464 bits per heavy atom. The van der Waals surface area contributed by atoms with Crippen LogP contribution in [-0.4, -0.2) is 92.3 Å². The zero-order chi connectivity index (χ0) is 72.3. The van der Waals surface area contributed by atoms with Crippen molar-refractivity contribution in [2.24, 2.45) is 10.9 Å². The summed E-state index contributed by atoms with van der Waals surface area (Å²) in [5, 5.41) is 15.2. The number of rotatable bonds is 5. The van der Waals surface area contributed by atoms with Gasteiger partial charge in [0, 0.05) is 58.5 Å². The molecule has 1 amide bonds. The third-order valence-corrected chi connectivity index (χ3v) is 19.3. The van der Waals surface area contributed by atoms with Gasteiger partial charge in [-0.25, -0.2) is 24.0 Å². The second kappa shape index (κ2) is 29.2. The van der Waals surface area contributed by atoms with Crippen LogP contribution in [-0.2, 0) is 56.2 Å². The zero-order valence-electron chi connectivity index (χ0n) is 59.5. The fraction of sp³-hybridized carbons (Fsp3) is 0.430. The summed E-state index contributed by atoms with van der Waals surface area (Å²) in [6.45, 7) is 30.8. The lowest BCUT2D eigenvalue weighted by atomic mass is 9.86. The van der Waals surface area contributed by atoms with Gasteiger partial charge < -0.3 is 39.9 Å². The highest BCUT2D eigenvalue weighted by Crippen LogP contribution is 2.47. The lowest BCUT2D eigenvalue weighted by Crippen LogP contribution is -2.34. The number of nitrogens with two attached hydrogens (primary N) is 1. The Labute approximate surface area is 579 Å². The van der Waals surface area contributed by atoms with Gasteiger partial charge in [-0.3, -0.25) is 14.4 Å². The number of ether oxygens (including phenoxy) is 5. The summed E-state index contributed by atoms with van der Waals surface area (Å²) in [6.07, 6.45) is 3.70. The number of hydrogen-bond donors (Lipinski definition) is 3. The number of Topliss-reactive ketones (excluding diaryl/α,β-unsaturated/α-hetero) is 3. The molecular formula is C79H94BrN3O14.